The Labute approximate surface area is 228 Å². The molecular weight excluding hydrogens is 504 g/mol. The Morgan fingerprint density at radius 3 is 2.44 bits per heavy atom. The summed E-state index contributed by atoms with van der Waals surface area (Å²) < 4.78 is 16.9. The lowest BCUT2D eigenvalue weighted by Crippen LogP contribution is -2.71. The highest BCUT2D eigenvalue weighted by atomic mass is 16.7. The molecule has 4 aliphatic carbocycles. The summed E-state index contributed by atoms with van der Waals surface area (Å²) in [4.78, 5) is 11.6. The Balaban J connectivity index is 1.25. The van der Waals surface area contributed by atoms with Gasteiger partial charge in [-0.15, -0.1) is 0 Å². The summed E-state index contributed by atoms with van der Waals surface area (Å²) in [6.45, 7) is 5.92. The molecule has 6 rings (SSSR count). The third-order valence-corrected chi connectivity index (χ3v) is 11.6. The van der Waals surface area contributed by atoms with E-state index < -0.39 is 52.9 Å². The van der Waals surface area contributed by atoms with Gasteiger partial charge in [0, 0.05) is 11.5 Å². The maximum atomic E-state index is 12.5. The lowest BCUT2D eigenvalue weighted by Gasteiger charge is -2.65. The van der Waals surface area contributed by atoms with Gasteiger partial charge in [-0.25, -0.2) is 4.79 Å². The molecule has 0 aromatic carbocycles. The molecule has 2 heterocycles. The average molecular weight is 547 g/mol. The number of aliphatic hydroxyl groups is 5. The molecule has 0 bridgehead atoms. The summed E-state index contributed by atoms with van der Waals surface area (Å²) in [5, 5.41) is 55.5. The number of rotatable bonds is 3. The monoisotopic (exact) mass is 546 g/mol. The van der Waals surface area contributed by atoms with Gasteiger partial charge in [-0.1, -0.05) is 25.5 Å². The average Bonchev–Trinajstić information content (AvgIpc) is 3.19. The minimum absolute atomic E-state index is 0.0103. The summed E-state index contributed by atoms with van der Waals surface area (Å²) >= 11 is 0. The van der Waals surface area contributed by atoms with E-state index in [2.05, 4.69) is 19.9 Å². The first-order valence-electron chi connectivity index (χ1n) is 14.4. The van der Waals surface area contributed by atoms with Crippen molar-refractivity contribution < 1.29 is 39.4 Å². The molecule has 1 aromatic rings. The van der Waals surface area contributed by atoms with Gasteiger partial charge in [-0.05, 0) is 87.2 Å². The lowest BCUT2D eigenvalue weighted by atomic mass is 9.43. The summed E-state index contributed by atoms with van der Waals surface area (Å²) in [6, 6.07) is 3.22. The van der Waals surface area contributed by atoms with Gasteiger partial charge >= 0.3 is 5.63 Å². The van der Waals surface area contributed by atoms with Crippen molar-refractivity contribution in [1.82, 2.24) is 0 Å². The van der Waals surface area contributed by atoms with E-state index in [0.717, 1.165) is 24.8 Å². The number of ether oxygens (including phenoxy) is 2. The largest absolute Gasteiger partial charge is 0.431 e. The summed E-state index contributed by atoms with van der Waals surface area (Å²) in [7, 11) is 0. The molecule has 12 unspecified atom stereocenters. The number of fused-ring (bicyclic) bond motifs is 5. The third-order valence-electron chi connectivity index (χ3n) is 11.6. The summed E-state index contributed by atoms with van der Waals surface area (Å²) in [6.07, 6.45) is 2.89. The van der Waals surface area contributed by atoms with Crippen LogP contribution < -0.4 is 5.63 Å². The summed E-state index contributed by atoms with van der Waals surface area (Å²) in [5.74, 6) is -0.131. The molecule has 0 amide bonds. The Morgan fingerprint density at radius 1 is 0.949 bits per heavy atom. The normalized spacial score (nSPS) is 51.4. The lowest BCUT2D eigenvalue weighted by molar-refractivity contribution is -0.302. The predicted molar refractivity (Wildman–Crippen MR) is 140 cm³/mol. The van der Waals surface area contributed by atoms with Crippen molar-refractivity contribution in [2.24, 2.45) is 16.7 Å². The van der Waals surface area contributed by atoms with Gasteiger partial charge in [0.1, 0.15) is 18.3 Å². The van der Waals surface area contributed by atoms with E-state index in [1.165, 1.54) is 17.9 Å². The van der Waals surface area contributed by atoms with Crippen LogP contribution in [-0.4, -0.2) is 73.5 Å². The van der Waals surface area contributed by atoms with Crippen molar-refractivity contribution in [1.29, 1.82) is 0 Å². The second-order valence-corrected chi connectivity index (χ2v) is 13.3. The number of hydrogen-bond acceptors (Lipinski definition) is 9. The van der Waals surface area contributed by atoms with E-state index in [9.17, 15) is 30.3 Å². The van der Waals surface area contributed by atoms with Crippen LogP contribution in [0.15, 0.2) is 39.3 Å². The van der Waals surface area contributed by atoms with E-state index in [1.54, 1.807) is 13.0 Å². The molecule has 1 aliphatic heterocycles. The summed E-state index contributed by atoms with van der Waals surface area (Å²) in [5.41, 5.74) is -1.68. The molecule has 0 spiro atoms. The van der Waals surface area contributed by atoms with Crippen molar-refractivity contribution >= 4 is 0 Å². The van der Waals surface area contributed by atoms with Gasteiger partial charge in [-0.2, -0.15) is 0 Å². The van der Waals surface area contributed by atoms with Crippen LogP contribution >= 0.6 is 0 Å². The van der Waals surface area contributed by atoms with Crippen LogP contribution in [0.5, 0.6) is 0 Å². The Morgan fingerprint density at radius 2 is 1.72 bits per heavy atom. The Hall–Kier alpha value is -1.59. The standard InChI is InChI=1S/C30H42O9/c1-16-23(32)24(33)25(34)26(38-16)39-19-7-10-27(2)18(14-19)6-12-29(35)21(27)9-11-28(3)20(8-13-30(28,29)36)17-4-5-22(31)37-15-17/h4-5,14-16,19-21,23-26,32-36H,6-13H2,1-3H3. The van der Waals surface area contributed by atoms with E-state index >= 15 is 0 Å². The molecule has 12 atom stereocenters. The molecule has 3 saturated carbocycles. The van der Waals surface area contributed by atoms with Crippen molar-refractivity contribution in [3.63, 3.8) is 0 Å². The smallest absolute Gasteiger partial charge is 0.335 e. The van der Waals surface area contributed by atoms with Crippen LogP contribution in [0.2, 0.25) is 0 Å². The second-order valence-electron chi connectivity index (χ2n) is 13.3. The minimum Gasteiger partial charge on any atom is -0.431 e. The zero-order valence-electron chi connectivity index (χ0n) is 23.0. The first-order chi connectivity index (χ1) is 18.3. The third kappa shape index (κ3) is 3.81. The first kappa shape index (κ1) is 27.6. The second kappa shape index (κ2) is 9.21. The molecular formula is C30H42O9. The van der Waals surface area contributed by atoms with Crippen molar-refractivity contribution in [3.05, 3.63) is 46.0 Å². The molecule has 1 saturated heterocycles. The van der Waals surface area contributed by atoms with E-state index in [4.69, 9.17) is 13.9 Å². The van der Waals surface area contributed by atoms with Crippen LogP contribution in [0.1, 0.15) is 83.6 Å². The predicted octanol–water partition coefficient (Wildman–Crippen LogP) is 2.13. The molecule has 216 valence electrons. The first-order valence-corrected chi connectivity index (χ1v) is 14.4. The van der Waals surface area contributed by atoms with Crippen LogP contribution in [-0.2, 0) is 9.47 Å². The Kier molecular flexibility index (Phi) is 6.51. The fourth-order valence-electron chi connectivity index (χ4n) is 9.24. The van der Waals surface area contributed by atoms with Crippen molar-refractivity contribution in [3.8, 4) is 0 Å². The van der Waals surface area contributed by atoms with Gasteiger partial charge in [0.2, 0.25) is 0 Å². The SMILES string of the molecule is CC1OC(OC2C=C3CCC4(O)C(CCC5(C)C(c6ccc(=O)oc6)CCC54O)C3(C)CC2)C(O)C(O)C1O. The number of allylic oxidation sites excluding steroid dienone is 1. The number of hydrogen-bond donors (Lipinski definition) is 5. The van der Waals surface area contributed by atoms with Crippen molar-refractivity contribution in [2.45, 2.75) is 126 Å². The topological polar surface area (TPSA) is 150 Å². The number of aliphatic hydroxyl groups excluding tert-OH is 3. The molecule has 0 radical (unpaired) electrons. The van der Waals surface area contributed by atoms with Gasteiger partial charge < -0.3 is 39.4 Å². The van der Waals surface area contributed by atoms with Crippen LogP contribution in [0.3, 0.4) is 0 Å². The fraction of sp³-hybridized carbons (Fsp3) is 0.767. The highest BCUT2D eigenvalue weighted by molar-refractivity contribution is 5.35. The molecule has 39 heavy (non-hydrogen) atoms. The highest BCUT2D eigenvalue weighted by Crippen LogP contribution is 2.71. The zero-order valence-corrected chi connectivity index (χ0v) is 23.0. The van der Waals surface area contributed by atoms with Crippen molar-refractivity contribution in [2.75, 3.05) is 0 Å². The maximum absolute atomic E-state index is 12.5. The van der Waals surface area contributed by atoms with Gasteiger partial charge in [0.15, 0.2) is 6.29 Å². The minimum atomic E-state index is -1.35. The van der Waals surface area contributed by atoms with Crippen LogP contribution in [0, 0.1) is 16.7 Å². The van der Waals surface area contributed by atoms with Gasteiger partial charge in [-0.3, -0.25) is 0 Å². The highest BCUT2D eigenvalue weighted by Gasteiger charge is 2.73. The van der Waals surface area contributed by atoms with Gasteiger partial charge in [0.05, 0.1) is 29.7 Å². The molecule has 5 N–H and O–H groups in total. The van der Waals surface area contributed by atoms with E-state index in [1.807, 2.05) is 0 Å². The molecule has 9 heteroatoms. The molecule has 1 aromatic heterocycles. The molecule has 5 aliphatic rings. The van der Waals surface area contributed by atoms with E-state index in [0.29, 0.717) is 32.1 Å². The van der Waals surface area contributed by atoms with Gasteiger partial charge in [0.25, 0.3) is 0 Å². The maximum Gasteiger partial charge on any atom is 0.335 e. The van der Waals surface area contributed by atoms with E-state index in [-0.39, 0.29) is 23.4 Å². The van der Waals surface area contributed by atoms with Crippen LogP contribution in [0.25, 0.3) is 0 Å². The fourth-order valence-corrected chi connectivity index (χ4v) is 9.24. The molecule has 9 nitrogen and oxygen atoms in total. The zero-order chi connectivity index (χ0) is 28.0. The quantitative estimate of drug-likeness (QED) is 0.359. The van der Waals surface area contributed by atoms with Crippen LogP contribution in [0.4, 0.5) is 0 Å². The molecule has 4 fully saturated rings. The Bertz CT molecular complexity index is 1180.